The summed E-state index contributed by atoms with van der Waals surface area (Å²) in [6.45, 7) is 4.30. The second-order valence-electron chi connectivity index (χ2n) is 5.71. The molecule has 0 saturated heterocycles. The molecule has 1 aliphatic carbocycles. The molecule has 1 aromatic carbocycles. The van der Waals surface area contributed by atoms with Gasteiger partial charge in [0.25, 0.3) is 0 Å². The molecule has 0 aromatic heterocycles. The molecule has 0 heterocycles. The second kappa shape index (κ2) is 6.52. The molecule has 2 rings (SSSR count). The molecule has 0 radical (unpaired) electrons. The van der Waals surface area contributed by atoms with Gasteiger partial charge in [0.1, 0.15) is 10.7 Å². The summed E-state index contributed by atoms with van der Waals surface area (Å²) in [5.41, 5.74) is 0.185. The Kier molecular flexibility index (Phi) is 5.34. The van der Waals surface area contributed by atoms with Crippen LogP contribution in [0.15, 0.2) is 21.5 Å². The summed E-state index contributed by atoms with van der Waals surface area (Å²) in [5.74, 6) is -0.632. The van der Waals surface area contributed by atoms with Gasteiger partial charge in [0, 0.05) is 22.6 Å². The lowest BCUT2D eigenvalue weighted by molar-refractivity contribution is 0.358. The standard InChI is InChI=1S/C14H18BrClFNO2S/c1-9(2)8-18(12-3-4-12)21(19,20)13-6-11(15)5-10(7-16)14(13)17/h5-6,9,12H,3-4,7-8H2,1-2H3. The number of benzene rings is 1. The molecule has 0 atom stereocenters. The first kappa shape index (κ1) is 17.2. The Balaban J connectivity index is 2.49. The van der Waals surface area contributed by atoms with Crippen molar-refractivity contribution in [3.05, 3.63) is 28.0 Å². The van der Waals surface area contributed by atoms with Crippen LogP contribution in [0.4, 0.5) is 4.39 Å². The van der Waals surface area contributed by atoms with Gasteiger partial charge in [-0.25, -0.2) is 12.8 Å². The molecule has 1 saturated carbocycles. The SMILES string of the molecule is CC(C)CN(C1CC1)S(=O)(=O)c1cc(Br)cc(CCl)c1F. The predicted molar refractivity (Wildman–Crippen MR) is 85.4 cm³/mol. The Morgan fingerprint density at radius 2 is 2.05 bits per heavy atom. The van der Waals surface area contributed by atoms with E-state index in [2.05, 4.69) is 15.9 Å². The number of sulfonamides is 1. The van der Waals surface area contributed by atoms with E-state index in [-0.39, 0.29) is 28.3 Å². The van der Waals surface area contributed by atoms with Gasteiger partial charge in [0.05, 0.1) is 5.88 Å². The molecule has 0 aliphatic heterocycles. The molecular formula is C14H18BrClFNO2S. The highest BCUT2D eigenvalue weighted by atomic mass is 79.9. The Morgan fingerprint density at radius 1 is 1.43 bits per heavy atom. The van der Waals surface area contributed by atoms with Crippen LogP contribution >= 0.6 is 27.5 Å². The Morgan fingerprint density at radius 3 is 2.52 bits per heavy atom. The number of alkyl halides is 1. The molecule has 0 spiro atoms. The minimum Gasteiger partial charge on any atom is -0.207 e. The summed E-state index contributed by atoms with van der Waals surface area (Å²) in [5, 5.41) is 0. The summed E-state index contributed by atoms with van der Waals surface area (Å²) in [6, 6.07) is 2.82. The van der Waals surface area contributed by atoms with Crippen LogP contribution in [0.1, 0.15) is 32.3 Å². The highest BCUT2D eigenvalue weighted by Gasteiger charge is 2.39. The second-order valence-corrected chi connectivity index (χ2v) is 8.75. The Bertz CT molecular complexity index is 632. The Labute approximate surface area is 138 Å². The van der Waals surface area contributed by atoms with Crippen molar-refractivity contribution in [2.75, 3.05) is 6.54 Å². The van der Waals surface area contributed by atoms with E-state index in [1.807, 2.05) is 13.8 Å². The van der Waals surface area contributed by atoms with Crippen molar-refractivity contribution >= 4 is 37.6 Å². The summed E-state index contributed by atoms with van der Waals surface area (Å²) in [4.78, 5) is -0.292. The van der Waals surface area contributed by atoms with Gasteiger partial charge in [-0.05, 0) is 30.9 Å². The van der Waals surface area contributed by atoms with E-state index in [9.17, 15) is 12.8 Å². The van der Waals surface area contributed by atoms with Gasteiger partial charge in [0.2, 0.25) is 10.0 Å². The Hall–Kier alpha value is -0.170. The fourth-order valence-corrected chi connectivity index (χ4v) is 5.03. The largest absolute Gasteiger partial charge is 0.246 e. The summed E-state index contributed by atoms with van der Waals surface area (Å²) in [6.07, 6.45) is 1.67. The fraction of sp³-hybridized carbons (Fsp3) is 0.571. The third-order valence-corrected chi connectivity index (χ3v) is 5.97. The van der Waals surface area contributed by atoms with Crippen LogP contribution in [0.2, 0.25) is 0 Å². The first-order valence-electron chi connectivity index (χ1n) is 6.83. The normalized spacial score (nSPS) is 16.0. The third kappa shape index (κ3) is 3.78. The van der Waals surface area contributed by atoms with Crippen LogP contribution in [0, 0.1) is 11.7 Å². The first-order valence-corrected chi connectivity index (χ1v) is 9.59. The minimum absolute atomic E-state index is 0.00441. The number of hydrogen-bond donors (Lipinski definition) is 0. The number of rotatable bonds is 6. The maximum atomic E-state index is 14.4. The zero-order valence-electron chi connectivity index (χ0n) is 11.9. The lowest BCUT2D eigenvalue weighted by atomic mass is 10.2. The van der Waals surface area contributed by atoms with Crippen molar-refractivity contribution in [1.29, 1.82) is 0 Å². The summed E-state index contributed by atoms with van der Waals surface area (Å²) in [7, 11) is -3.85. The monoisotopic (exact) mass is 397 g/mol. The van der Waals surface area contributed by atoms with Crippen LogP contribution < -0.4 is 0 Å². The lowest BCUT2D eigenvalue weighted by Crippen LogP contribution is -2.36. The highest BCUT2D eigenvalue weighted by Crippen LogP contribution is 2.35. The van der Waals surface area contributed by atoms with Gasteiger partial charge in [0.15, 0.2) is 0 Å². The van der Waals surface area contributed by atoms with Gasteiger partial charge >= 0.3 is 0 Å². The van der Waals surface area contributed by atoms with E-state index in [0.29, 0.717) is 11.0 Å². The van der Waals surface area contributed by atoms with Crippen molar-refractivity contribution in [2.45, 2.75) is 43.5 Å². The fourth-order valence-electron chi connectivity index (χ4n) is 2.20. The molecule has 0 N–H and O–H groups in total. The van der Waals surface area contributed by atoms with E-state index in [0.717, 1.165) is 12.8 Å². The van der Waals surface area contributed by atoms with Crippen molar-refractivity contribution in [3.63, 3.8) is 0 Å². The van der Waals surface area contributed by atoms with E-state index in [1.165, 1.54) is 16.4 Å². The van der Waals surface area contributed by atoms with Gasteiger partial charge in [-0.1, -0.05) is 29.8 Å². The van der Waals surface area contributed by atoms with Gasteiger partial charge in [-0.15, -0.1) is 11.6 Å². The van der Waals surface area contributed by atoms with Crippen molar-refractivity contribution < 1.29 is 12.8 Å². The molecule has 3 nitrogen and oxygen atoms in total. The van der Waals surface area contributed by atoms with E-state index >= 15 is 0 Å². The number of nitrogens with zero attached hydrogens (tertiary/aromatic N) is 1. The molecule has 1 fully saturated rings. The van der Waals surface area contributed by atoms with Crippen LogP contribution in [0.5, 0.6) is 0 Å². The topological polar surface area (TPSA) is 37.4 Å². The smallest absolute Gasteiger partial charge is 0.207 e. The maximum Gasteiger partial charge on any atom is 0.246 e. The lowest BCUT2D eigenvalue weighted by Gasteiger charge is -2.24. The zero-order valence-corrected chi connectivity index (χ0v) is 15.1. The van der Waals surface area contributed by atoms with Crippen molar-refractivity contribution in [2.24, 2.45) is 5.92 Å². The van der Waals surface area contributed by atoms with E-state index in [4.69, 9.17) is 11.6 Å². The average Bonchev–Trinajstić information content (AvgIpc) is 3.22. The van der Waals surface area contributed by atoms with Crippen molar-refractivity contribution in [3.8, 4) is 0 Å². The average molecular weight is 399 g/mol. The molecule has 1 aliphatic rings. The minimum atomic E-state index is -3.85. The van der Waals surface area contributed by atoms with Crippen LogP contribution in [0.3, 0.4) is 0 Å². The van der Waals surface area contributed by atoms with E-state index in [1.54, 1.807) is 0 Å². The van der Waals surface area contributed by atoms with Gasteiger partial charge in [-0.3, -0.25) is 0 Å². The number of halogens is 3. The molecule has 0 unspecified atom stereocenters. The van der Waals surface area contributed by atoms with Crippen LogP contribution in [-0.2, 0) is 15.9 Å². The van der Waals surface area contributed by atoms with Gasteiger partial charge in [-0.2, -0.15) is 4.31 Å². The predicted octanol–water partition coefficient (Wildman–Crippen LogP) is 4.14. The zero-order chi connectivity index (χ0) is 15.8. The van der Waals surface area contributed by atoms with E-state index < -0.39 is 15.8 Å². The number of hydrogen-bond acceptors (Lipinski definition) is 2. The molecule has 0 amide bonds. The van der Waals surface area contributed by atoms with Crippen LogP contribution in [-0.4, -0.2) is 25.3 Å². The summed E-state index contributed by atoms with van der Waals surface area (Å²) < 4.78 is 42.0. The van der Waals surface area contributed by atoms with Gasteiger partial charge < -0.3 is 0 Å². The molecule has 118 valence electrons. The molecule has 21 heavy (non-hydrogen) atoms. The highest BCUT2D eigenvalue weighted by molar-refractivity contribution is 9.10. The summed E-state index contributed by atoms with van der Waals surface area (Å²) >= 11 is 8.92. The molecule has 7 heteroatoms. The molecule has 0 bridgehead atoms. The van der Waals surface area contributed by atoms with Crippen LogP contribution in [0.25, 0.3) is 0 Å². The quantitative estimate of drug-likeness (QED) is 0.676. The molecule has 1 aromatic rings. The molecular weight excluding hydrogens is 381 g/mol. The first-order chi connectivity index (χ1) is 9.77. The third-order valence-electron chi connectivity index (χ3n) is 3.31. The van der Waals surface area contributed by atoms with Crippen molar-refractivity contribution in [1.82, 2.24) is 4.31 Å². The maximum absolute atomic E-state index is 14.4.